The maximum Gasteiger partial charge on any atom is 0.153 e. The molecule has 0 fully saturated rings. The molecule has 0 amide bonds. The quantitative estimate of drug-likeness (QED) is 0.474. The Morgan fingerprint density at radius 3 is 2.50 bits per heavy atom. The molecule has 0 unspecified atom stereocenters. The highest BCUT2D eigenvalue weighted by Crippen LogP contribution is 2.31. The fourth-order valence-electron chi connectivity index (χ4n) is 2.89. The number of ether oxygens (including phenoxy) is 1. The van der Waals surface area contributed by atoms with Crippen molar-refractivity contribution in [1.82, 2.24) is 15.2 Å². The van der Waals surface area contributed by atoms with Crippen LogP contribution in [0.25, 0.3) is 10.8 Å². The van der Waals surface area contributed by atoms with Gasteiger partial charge in [-0.1, -0.05) is 6.07 Å². The molecule has 0 radical (unpaired) electrons. The zero-order valence-electron chi connectivity index (χ0n) is 15.4. The molecule has 0 saturated heterocycles. The second kappa shape index (κ2) is 7.29. The number of nitriles is 1. The van der Waals surface area contributed by atoms with Crippen LogP contribution in [0.5, 0.6) is 5.75 Å². The Kier molecular flexibility index (Phi) is 4.52. The second-order valence-electron chi connectivity index (χ2n) is 6.32. The van der Waals surface area contributed by atoms with E-state index in [0.29, 0.717) is 23.0 Å². The van der Waals surface area contributed by atoms with Gasteiger partial charge in [0.15, 0.2) is 5.82 Å². The summed E-state index contributed by atoms with van der Waals surface area (Å²) in [6, 6.07) is 19.1. The van der Waals surface area contributed by atoms with Crippen molar-refractivity contribution in [3.05, 3.63) is 65.9 Å². The van der Waals surface area contributed by atoms with Crippen LogP contribution in [0, 0.1) is 18.3 Å². The molecule has 0 saturated carbocycles. The minimum atomic E-state index is 0.606. The molecule has 0 aliphatic heterocycles. The maximum atomic E-state index is 8.98. The van der Waals surface area contributed by atoms with E-state index in [9.17, 15) is 0 Å². The number of fused-ring (bicyclic) bond motifs is 1. The first-order valence-corrected chi connectivity index (χ1v) is 8.69. The molecule has 7 heteroatoms. The van der Waals surface area contributed by atoms with Gasteiger partial charge in [-0.3, -0.25) is 5.10 Å². The molecule has 3 N–H and O–H groups in total. The Labute approximate surface area is 162 Å². The zero-order valence-corrected chi connectivity index (χ0v) is 15.4. The van der Waals surface area contributed by atoms with Gasteiger partial charge < -0.3 is 15.4 Å². The Balaban J connectivity index is 1.76. The number of nitrogens with zero attached hydrogens (tertiary/aromatic N) is 3. The first kappa shape index (κ1) is 17.4. The van der Waals surface area contributed by atoms with Gasteiger partial charge in [-0.2, -0.15) is 10.4 Å². The van der Waals surface area contributed by atoms with E-state index >= 15 is 0 Å². The molecule has 2 heterocycles. The van der Waals surface area contributed by atoms with Crippen LogP contribution in [0.1, 0.15) is 11.3 Å². The molecular weight excluding hydrogens is 352 g/mol. The van der Waals surface area contributed by atoms with Crippen LogP contribution >= 0.6 is 0 Å². The summed E-state index contributed by atoms with van der Waals surface area (Å²) in [6.45, 7) is 1.94. The van der Waals surface area contributed by atoms with Gasteiger partial charge in [0.2, 0.25) is 0 Å². The SMILES string of the molecule is COc1ccc2cc(Nc3cc(C)[nH]n3)nc(Nc3ccc(C#N)cc3)c2c1. The number of benzene rings is 2. The number of hydrogen-bond acceptors (Lipinski definition) is 6. The van der Waals surface area contributed by atoms with E-state index in [-0.39, 0.29) is 0 Å². The lowest BCUT2D eigenvalue weighted by molar-refractivity contribution is 0.415. The molecule has 28 heavy (non-hydrogen) atoms. The van der Waals surface area contributed by atoms with Gasteiger partial charge in [0, 0.05) is 22.8 Å². The molecule has 4 rings (SSSR count). The van der Waals surface area contributed by atoms with Crippen molar-refractivity contribution < 1.29 is 4.74 Å². The number of aromatic amines is 1. The van der Waals surface area contributed by atoms with Gasteiger partial charge in [0.1, 0.15) is 17.4 Å². The van der Waals surface area contributed by atoms with Gasteiger partial charge in [-0.05, 0) is 54.8 Å². The van der Waals surface area contributed by atoms with Crippen LogP contribution in [0.2, 0.25) is 0 Å². The lowest BCUT2D eigenvalue weighted by Crippen LogP contribution is -2.00. The van der Waals surface area contributed by atoms with E-state index in [2.05, 4.69) is 26.9 Å². The van der Waals surface area contributed by atoms with E-state index in [1.807, 2.05) is 49.4 Å². The number of anilines is 4. The number of aromatic nitrogens is 3. The van der Waals surface area contributed by atoms with Gasteiger partial charge in [-0.15, -0.1) is 0 Å². The molecule has 0 atom stereocenters. The standard InChI is InChI=1S/C21H18N6O/c1-13-9-20(27-26-13)24-19-10-15-5-8-17(28-2)11-18(15)21(25-19)23-16-6-3-14(12-22)4-7-16/h3-11H,1-2H3,(H3,23,24,25,26,27). The second-order valence-corrected chi connectivity index (χ2v) is 6.32. The topological polar surface area (TPSA) is 98.7 Å². The monoisotopic (exact) mass is 370 g/mol. The summed E-state index contributed by atoms with van der Waals surface area (Å²) in [5.41, 5.74) is 2.40. The van der Waals surface area contributed by atoms with Crippen molar-refractivity contribution in [3.63, 3.8) is 0 Å². The minimum Gasteiger partial charge on any atom is -0.497 e. The lowest BCUT2D eigenvalue weighted by atomic mass is 10.1. The number of hydrogen-bond donors (Lipinski definition) is 3. The molecule has 0 spiro atoms. The molecule has 0 aliphatic carbocycles. The smallest absolute Gasteiger partial charge is 0.153 e. The molecule has 0 aliphatic rings. The average molecular weight is 370 g/mol. The maximum absolute atomic E-state index is 8.98. The summed E-state index contributed by atoms with van der Waals surface area (Å²) in [5, 5.41) is 24.6. The zero-order chi connectivity index (χ0) is 19.5. The van der Waals surface area contributed by atoms with Crippen molar-refractivity contribution in [2.24, 2.45) is 0 Å². The summed E-state index contributed by atoms with van der Waals surface area (Å²) in [5.74, 6) is 2.79. The number of aryl methyl sites for hydroxylation is 1. The highest BCUT2D eigenvalue weighted by atomic mass is 16.5. The third kappa shape index (κ3) is 3.57. The van der Waals surface area contributed by atoms with Crippen molar-refractivity contribution in [2.75, 3.05) is 17.7 Å². The van der Waals surface area contributed by atoms with Crippen LogP contribution in [0.3, 0.4) is 0 Å². The average Bonchev–Trinajstić information content (AvgIpc) is 3.13. The van der Waals surface area contributed by atoms with E-state index in [1.54, 1.807) is 19.2 Å². The molecule has 2 aromatic carbocycles. The van der Waals surface area contributed by atoms with Crippen molar-refractivity contribution in [3.8, 4) is 11.8 Å². The molecule has 0 bridgehead atoms. The predicted octanol–water partition coefficient (Wildman–Crippen LogP) is 4.63. The molecule has 138 valence electrons. The minimum absolute atomic E-state index is 0.606. The lowest BCUT2D eigenvalue weighted by Gasteiger charge is -2.13. The third-order valence-corrected chi connectivity index (χ3v) is 4.28. The summed E-state index contributed by atoms with van der Waals surface area (Å²) < 4.78 is 5.37. The van der Waals surface area contributed by atoms with Gasteiger partial charge in [0.25, 0.3) is 0 Å². The fraction of sp³-hybridized carbons (Fsp3) is 0.0952. The van der Waals surface area contributed by atoms with E-state index in [1.165, 1.54) is 0 Å². The normalized spacial score (nSPS) is 10.5. The summed E-state index contributed by atoms with van der Waals surface area (Å²) >= 11 is 0. The van der Waals surface area contributed by atoms with Gasteiger partial charge >= 0.3 is 0 Å². The van der Waals surface area contributed by atoms with Crippen LogP contribution < -0.4 is 15.4 Å². The first-order chi connectivity index (χ1) is 13.6. The van der Waals surface area contributed by atoms with E-state index in [4.69, 9.17) is 15.0 Å². The molecular formula is C21H18N6O. The van der Waals surface area contributed by atoms with E-state index in [0.717, 1.165) is 27.9 Å². The van der Waals surface area contributed by atoms with Gasteiger partial charge in [0.05, 0.1) is 18.7 Å². The van der Waals surface area contributed by atoms with Crippen molar-refractivity contribution in [2.45, 2.75) is 6.92 Å². The highest BCUT2D eigenvalue weighted by Gasteiger charge is 2.10. The molecule has 7 nitrogen and oxygen atoms in total. The fourth-order valence-corrected chi connectivity index (χ4v) is 2.89. The Hall–Kier alpha value is -4.05. The van der Waals surface area contributed by atoms with Gasteiger partial charge in [-0.25, -0.2) is 4.98 Å². The Morgan fingerprint density at radius 1 is 1.00 bits per heavy atom. The summed E-state index contributed by atoms with van der Waals surface area (Å²) in [4.78, 5) is 4.72. The van der Waals surface area contributed by atoms with Crippen LogP contribution in [0.4, 0.5) is 23.1 Å². The Morgan fingerprint density at radius 2 is 1.82 bits per heavy atom. The number of nitrogens with one attached hydrogen (secondary N) is 3. The van der Waals surface area contributed by atoms with Crippen LogP contribution in [-0.4, -0.2) is 22.3 Å². The van der Waals surface area contributed by atoms with Crippen molar-refractivity contribution in [1.29, 1.82) is 5.26 Å². The highest BCUT2D eigenvalue weighted by molar-refractivity contribution is 5.96. The molecule has 4 aromatic rings. The number of H-pyrrole nitrogens is 1. The summed E-state index contributed by atoms with van der Waals surface area (Å²) in [6.07, 6.45) is 0. The van der Waals surface area contributed by atoms with E-state index < -0.39 is 0 Å². The van der Waals surface area contributed by atoms with Crippen LogP contribution in [-0.2, 0) is 0 Å². The first-order valence-electron chi connectivity index (χ1n) is 8.69. The third-order valence-electron chi connectivity index (χ3n) is 4.28. The number of rotatable bonds is 5. The van der Waals surface area contributed by atoms with Crippen LogP contribution in [0.15, 0.2) is 54.6 Å². The number of methoxy groups -OCH3 is 1. The van der Waals surface area contributed by atoms with Crippen molar-refractivity contribution >= 4 is 33.9 Å². The largest absolute Gasteiger partial charge is 0.497 e. The predicted molar refractivity (Wildman–Crippen MR) is 109 cm³/mol. The summed E-state index contributed by atoms with van der Waals surface area (Å²) in [7, 11) is 1.64. The Bertz CT molecular complexity index is 1170. The number of pyridine rings is 1. The molecule has 2 aromatic heterocycles.